The van der Waals surface area contributed by atoms with Gasteiger partial charge >= 0.3 is 5.97 Å². The molecule has 0 saturated carbocycles. The number of esters is 1. The van der Waals surface area contributed by atoms with Crippen molar-refractivity contribution in [3.63, 3.8) is 0 Å². The van der Waals surface area contributed by atoms with Gasteiger partial charge in [-0.3, -0.25) is 4.79 Å². The van der Waals surface area contributed by atoms with Gasteiger partial charge in [0.15, 0.2) is 5.75 Å². The van der Waals surface area contributed by atoms with Gasteiger partial charge in [-0.1, -0.05) is 19.1 Å². The van der Waals surface area contributed by atoms with Crippen molar-refractivity contribution < 1.29 is 17.9 Å². The maximum atomic E-state index is 11.8. The molecule has 8 heteroatoms. The summed E-state index contributed by atoms with van der Waals surface area (Å²) in [4.78, 5) is 11.4. The van der Waals surface area contributed by atoms with E-state index in [1.165, 1.54) is 4.31 Å². The molecule has 0 aliphatic heterocycles. The van der Waals surface area contributed by atoms with Gasteiger partial charge in [-0.25, -0.2) is 12.7 Å². The van der Waals surface area contributed by atoms with Crippen LogP contribution in [-0.2, 0) is 19.6 Å². The Morgan fingerprint density at radius 2 is 2.00 bits per heavy atom. The molecule has 0 aromatic heterocycles. The van der Waals surface area contributed by atoms with Crippen molar-refractivity contribution in [2.75, 3.05) is 25.4 Å². The SMILES string of the molecule is CCOC(=O)CS(=O)(=O)N(CC)CCC(N)=S. The molecule has 0 amide bonds. The number of carbonyl (C=O) groups is 1. The summed E-state index contributed by atoms with van der Waals surface area (Å²) in [6.45, 7) is 3.92. The number of rotatable bonds is 8. The van der Waals surface area contributed by atoms with Gasteiger partial charge in [-0.05, 0) is 6.92 Å². The molecule has 0 spiro atoms. The summed E-state index contributed by atoms with van der Waals surface area (Å²) in [5.41, 5.74) is 5.31. The van der Waals surface area contributed by atoms with E-state index in [4.69, 9.17) is 5.73 Å². The fraction of sp³-hybridized carbons (Fsp3) is 0.778. The molecule has 0 rings (SSSR count). The monoisotopic (exact) mass is 282 g/mol. The summed E-state index contributed by atoms with van der Waals surface area (Å²) in [5, 5.41) is 0. The number of ether oxygens (including phenoxy) is 1. The van der Waals surface area contributed by atoms with Gasteiger partial charge in [0, 0.05) is 19.5 Å². The summed E-state index contributed by atoms with van der Waals surface area (Å²) in [6.07, 6.45) is 0.297. The van der Waals surface area contributed by atoms with Crippen molar-refractivity contribution in [2.45, 2.75) is 20.3 Å². The Kier molecular flexibility index (Phi) is 7.24. The Balaban J connectivity index is 4.52. The Bertz CT molecular complexity index is 367. The Hall–Kier alpha value is -0.730. The normalized spacial score (nSPS) is 11.5. The highest BCUT2D eigenvalue weighted by atomic mass is 32.2. The van der Waals surface area contributed by atoms with Crippen LogP contribution in [0.2, 0.25) is 0 Å². The highest BCUT2D eigenvalue weighted by molar-refractivity contribution is 7.89. The molecule has 0 aromatic rings. The number of hydrogen-bond donors (Lipinski definition) is 1. The van der Waals surface area contributed by atoms with Crippen molar-refractivity contribution in [1.82, 2.24) is 4.31 Å². The van der Waals surface area contributed by atoms with E-state index in [0.717, 1.165) is 0 Å². The molecule has 0 heterocycles. The van der Waals surface area contributed by atoms with Crippen molar-refractivity contribution >= 4 is 33.2 Å². The third kappa shape index (κ3) is 6.54. The maximum Gasteiger partial charge on any atom is 0.322 e. The number of nitrogens with two attached hydrogens (primary N) is 1. The zero-order chi connectivity index (χ0) is 13.5. The van der Waals surface area contributed by atoms with E-state index in [2.05, 4.69) is 17.0 Å². The zero-order valence-corrected chi connectivity index (χ0v) is 11.6. The summed E-state index contributed by atoms with van der Waals surface area (Å²) >= 11 is 4.68. The first-order chi connectivity index (χ1) is 7.83. The molecule has 17 heavy (non-hydrogen) atoms. The molecule has 0 unspecified atom stereocenters. The molecule has 6 nitrogen and oxygen atoms in total. The second-order valence-corrected chi connectivity index (χ2v) is 5.76. The topological polar surface area (TPSA) is 89.7 Å². The van der Waals surface area contributed by atoms with Crippen LogP contribution in [0.3, 0.4) is 0 Å². The predicted molar refractivity (Wildman–Crippen MR) is 69.1 cm³/mol. The van der Waals surface area contributed by atoms with Gasteiger partial charge in [-0.15, -0.1) is 0 Å². The highest BCUT2D eigenvalue weighted by Gasteiger charge is 2.24. The number of carbonyl (C=O) groups excluding carboxylic acids is 1. The average Bonchev–Trinajstić information content (AvgIpc) is 2.16. The molecule has 0 fully saturated rings. The molecule has 0 aliphatic rings. The molecule has 0 saturated heterocycles. The molecular formula is C9H18N2O4S2. The standard InChI is InChI=1S/C9H18N2O4S2/c1-3-11(6-5-8(10)16)17(13,14)7-9(12)15-4-2/h3-7H2,1-2H3,(H2,10,16). The molecule has 0 aliphatic carbocycles. The van der Waals surface area contributed by atoms with E-state index >= 15 is 0 Å². The van der Waals surface area contributed by atoms with Crippen LogP contribution >= 0.6 is 12.2 Å². The maximum absolute atomic E-state index is 11.8. The van der Waals surface area contributed by atoms with Crippen LogP contribution in [0.1, 0.15) is 20.3 Å². The average molecular weight is 282 g/mol. The number of nitrogens with zero attached hydrogens (tertiary/aromatic N) is 1. The van der Waals surface area contributed by atoms with Crippen LogP contribution in [0.25, 0.3) is 0 Å². The summed E-state index contributed by atoms with van der Waals surface area (Å²) in [6, 6.07) is 0. The molecule has 0 aromatic carbocycles. The molecule has 2 N–H and O–H groups in total. The van der Waals surface area contributed by atoms with Gasteiger partial charge in [0.2, 0.25) is 10.0 Å². The van der Waals surface area contributed by atoms with Crippen LogP contribution in [0, 0.1) is 0 Å². The second kappa shape index (κ2) is 7.57. The van der Waals surface area contributed by atoms with Crippen molar-refractivity contribution in [1.29, 1.82) is 0 Å². The fourth-order valence-corrected chi connectivity index (χ4v) is 2.59. The molecule has 0 bridgehead atoms. The van der Waals surface area contributed by atoms with Gasteiger partial charge < -0.3 is 10.5 Å². The van der Waals surface area contributed by atoms with Crippen LogP contribution in [0.5, 0.6) is 0 Å². The van der Waals surface area contributed by atoms with Gasteiger partial charge in [0.05, 0.1) is 11.6 Å². The smallest absolute Gasteiger partial charge is 0.322 e. The fourth-order valence-electron chi connectivity index (χ4n) is 1.17. The second-order valence-electron chi connectivity index (χ2n) is 3.27. The Morgan fingerprint density at radius 1 is 1.41 bits per heavy atom. The lowest BCUT2D eigenvalue weighted by Gasteiger charge is -2.19. The Labute approximate surface area is 107 Å². The van der Waals surface area contributed by atoms with Crippen LogP contribution in [-0.4, -0.2) is 49.1 Å². The van der Waals surface area contributed by atoms with Crippen molar-refractivity contribution in [3.8, 4) is 0 Å². The first-order valence-electron chi connectivity index (χ1n) is 5.25. The molecule has 0 atom stereocenters. The van der Waals surface area contributed by atoms with E-state index in [1.54, 1.807) is 13.8 Å². The summed E-state index contributed by atoms with van der Waals surface area (Å²) in [7, 11) is -3.65. The summed E-state index contributed by atoms with van der Waals surface area (Å²) in [5.74, 6) is -1.40. The highest BCUT2D eigenvalue weighted by Crippen LogP contribution is 2.03. The van der Waals surface area contributed by atoms with Crippen LogP contribution < -0.4 is 5.73 Å². The van der Waals surface area contributed by atoms with Gasteiger partial charge in [-0.2, -0.15) is 0 Å². The summed E-state index contributed by atoms with van der Waals surface area (Å²) < 4.78 is 29.4. The molecular weight excluding hydrogens is 264 g/mol. The minimum Gasteiger partial charge on any atom is -0.465 e. The molecule has 0 radical (unpaired) electrons. The minimum absolute atomic E-state index is 0.160. The minimum atomic E-state index is -3.65. The lowest BCUT2D eigenvalue weighted by molar-refractivity contribution is -0.140. The Morgan fingerprint density at radius 3 is 2.41 bits per heavy atom. The van der Waals surface area contributed by atoms with Crippen molar-refractivity contribution in [3.05, 3.63) is 0 Å². The first-order valence-corrected chi connectivity index (χ1v) is 7.27. The number of hydrogen-bond acceptors (Lipinski definition) is 5. The number of thiocarbonyl (C=S) groups is 1. The predicted octanol–water partition coefficient (Wildman–Crippen LogP) is -0.123. The molecule has 100 valence electrons. The van der Waals surface area contributed by atoms with E-state index in [-0.39, 0.29) is 24.7 Å². The quantitative estimate of drug-likeness (QED) is 0.493. The lowest BCUT2D eigenvalue weighted by atomic mass is 10.4. The van der Waals surface area contributed by atoms with E-state index in [0.29, 0.717) is 6.42 Å². The third-order valence-electron chi connectivity index (χ3n) is 1.96. The van der Waals surface area contributed by atoms with Crippen LogP contribution in [0.15, 0.2) is 0 Å². The van der Waals surface area contributed by atoms with Gasteiger partial charge in [0.25, 0.3) is 0 Å². The van der Waals surface area contributed by atoms with Gasteiger partial charge in [0.1, 0.15) is 0 Å². The van der Waals surface area contributed by atoms with E-state index in [1.807, 2.05) is 0 Å². The van der Waals surface area contributed by atoms with E-state index in [9.17, 15) is 13.2 Å². The van der Waals surface area contributed by atoms with E-state index < -0.39 is 21.7 Å². The van der Waals surface area contributed by atoms with Crippen molar-refractivity contribution in [2.24, 2.45) is 5.73 Å². The van der Waals surface area contributed by atoms with Crippen LogP contribution in [0.4, 0.5) is 0 Å². The number of sulfonamides is 1. The first kappa shape index (κ1) is 16.3. The third-order valence-corrected chi connectivity index (χ3v) is 3.99. The lowest BCUT2D eigenvalue weighted by Crippen LogP contribution is -2.37. The zero-order valence-electron chi connectivity index (χ0n) is 10.0. The largest absolute Gasteiger partial charge is 0.465 e.